The Bertz CT molecular complexity index is 852. The number of carbonyl (C=O) groups is 1. The molecule has 144 valence electrons. The van der Waals surface area contributed by atoms with Gasteiger partial charge < -0.3 is 15.1 Å². The van der Waals surface area contributed by atoms with E-state index in [1.54, 1.807) is 0 Å². The number of carbonyl (C=O) groups excluding carboxylic acids is 1. The molecule has 0 fully saturated rings. The van der Waals surface area contributed by atoms with Crippen LogP contribution in [-0.2, 0) is 4.79 Å². The van der Waals surface area contributed by atoms with E-state index in [2.05, 4.69) is 30.1 Å². The molecule has 2 aromatic rings. The van der Waals surface area contributed by atoms with Gasteiger partial charge in [-0.15, -0.1) is 0 Å². The first-order valence-electron chi connectivity index (χ1n) is 9.54. The number of rotatable bonds is 6. The van der Waals surface area contributed by atoms with Crippen molar-refractivity contribution in [1.82, 2.24) is 4.98 Å². The lowest BCUT2D eigenvalue weighted by atomic mass is 10.1. The molecule has 0 radical (unpaired) electrons. The molecule has 1 amide bonds. The smallest absolute Gasteiger partial charge is 0.244 e. The largest absolute Gasteiger partial charge is 0.370 e. The van der Waals surface area contributed by atoms with E-state index >= 15 is 0 Å². The van der Waals surface area contributed by atoms with Crippen LogP contribution in [0.15, 0.2) is 24.3 Å². The Balaban J connectivity index is 2.12. The average molecular weight is 387 g/mol. The maximum Gasteiger partial charge on any atom is 0.244 e. The Hall–Kier alpha value is -2.27. The Kier molecular flexibility index (Phi) is 5.90. The summed E-state index contributed by atoms with van der Waals surface area (Å²) in [6.07, 6.45) is 2.23. The molecule has 6 heteroatoms. The summed E-state index contributed by atoms with van der Waals surface area (Å²) in [7, 11) is 0. The number of hydrogen-bond acceptors (Lipinski definition) is 4. The number of aromatic nitrogens is 1. The van der Waals surface area contributed by atoms with Gasteiger partial charge in [-0.1, -0.05) is 31.0 Å². The Morgan fingerprint density at radius 1 is 1.26 bits per heavy atom. The Morgan fingerprint density at radius 2 is 2.04 bits per heavy atom. The van der Waals surface area contributed by atoms with E-state index in [-0.39, 0.29) is 12.5 Å². The molecule has 3 rings (SSSR count). The topological polar surface area (TPSA) is 48.5 Å². The summed E-state index contributed by atoms with van der Waals surface area (Å²) in [6.45, 7) is 10.3. The summed E-state index contributed by atoms with van der Waals surface area (Å²) in [5, 5.41) is 3.67. The van der Waals surface area contributed by atoms with Gasteiger partial charge in [-0.2, -0.15) is 0 Å². The summed E-state index contributed by atoms with van der Waals surface area (Å²) >= 11 is 6.50. The molecule has 0 spiro atoms. The van der Waals surface area contributed by atoms with Crippen LogP contribution in [-0.4, -0.2) is 30.5 Å². The highest BCUT2D eigenvalue weighted by Gasteiger charge is 2.29. The molecule has 0 aliphatic carbocycles. The van der Waals surface area contributed by atoms with Gasteiger partial charge in [0.25, 0.3) is 0 Å². The zero-order valence-corrected chi connectivity index (χ0v) is 17.2. The van der Waals surface area contributed by atoms with Crippen LogP contribution in [0.1, 0.15) is 37.9 Å². The van der Waals surface area contributed by atoms with Crippen molar-refractivity contribution < 1.29 is 4.79 Å². The highest BCUT2D eigenvalue weighted by molar-refractivity contribution is 6.33. The van der Waals surface area contributed by atoms with Crippen LogP contribution >= 0.6 is 11.6 Å². The van der Waals surface area contributed by atoms with E-state index in [1.807, 2.05) is 36.9 Å². The lowest BCUT2D eigenvalue weighted by Gasteiger charge is -2.34. The molecular formula is C21H27ClN4O. The van der Waals surface area contributed by atoms with Gasteiger partial charge in [0.15, 0.2) is 5.82 Å². The third kappa shape index (κ3) is 4.03. The minimum Gasteiger partial charge on any atom is -0.370 e. The van der Waals surface area contributed by atoms with Gasteiger partial charge >= 0.3 is 0 Å². The minimum atomic E-state index is -0.0578. The average Bonchev–Trinajstić information content (AvgIpc) is 2.62. The molecule has 1 aliphatic heterocycles. The highest BCUT2D eigenvalue weighted by atomic mass is 35.5. The Labute approximate surface area is 166 Å². The van der Waals surface area contributed by atoms with Crippen LogP contribution in [0.3, 0.4) is 0 Å². The number of anilines is 4. The fraction of sp³-hybridized carbons (Fsp3) is 0.429. The predicted molar refractivity (Wildman–Crippen MR) is 114 cm³/mol. The number of benzene rings is 1. The van der Waals surface area contributed by atoms with Gasteiger partial charge in [-0.25, -0.2) is 4.98 Å². The Morgan fingerprint density at radius 3 is 2.70 bits per heavy atom. The fourth-order valence-electron chi connectivity index (χ4n) is 3.43. The summed E-state index contributed by atoms with van der Waals surface area (Å²) in [6, 6.07) is 7.93. The molecule has 1 N–H and O–H groups in total. The third-order valence-electron chi connectivity index (χ3n) is 4.83. The maximum atomic E-state index is 12.5. The molecule has 1 aromatic carbocycles. The molecule has 0 unspecified atom stereocenters. The van der Waals surface area contributed by atoms with Crippen molar-refractivity contribution in [3.8, 4) is 0 Å². The van der Waals surface area contributed by atoms with Crippen molar-refractivity contribution in [3.05, 3.63) is 40.5 Å². The summed E-state index contributed by atoms with van der Waals surface area (Å²) in [5.41, 5.74) is 4.60. The molecule has 0 saturated carbocycles. The summed E-state index contributed by atoms with van der Waals surface area (Å²) < 4.78 is 0. The second-order valence-electron chi connectivity index (χ2n) is 7.00. The monoisotopic (exact) mass is 386 g/mol. The molecule has 5 nitrogen and oxygen atoms in total. The number of nitrogens with one attached hydrogen (secondary N) is 1. The van der Waals surface area contributed by atoms with Gasteiger partial charge in [-0.3, -0.25) is 4.79 Å². The SMILES string of the molecule is CCCCN(CC)c1cc(C)nc2c1NC(=O)CN2c1ccc(C)cc1Cl. The molecular weight excluding hydrogens is 360 g/mol. The molecule has 1 aromatic heterocycles. The van der Waals surface area contributed by atoms with Crippen LogP contribution in [0.5, 0.6) is 0 Å². The lowest BCUT2D eigenvalue weighted by molar-refractivity contribution is -0.115. The number of amides is 1. The standard InChI is InChI=1S/C21H27ClN4O/c1-5-7-10-25(6-2)18-12-15(4)23-21-20(18)24-19(27)13-26(21)17-9-8-14(3)11-16(17)22/h8-9,11-12H,5-7,10,13H2,1-4H3,(H,24,27). The number of halogens is 1. The van der Waals surface area contributed by atoms with E-state index in [0.29, 0.717) is 5.02 Å². The third-order valence-corrected chi connectivity index (χ3v) is 5.13. The number of pyridine rings is 1. The van der Waals surface area contributed by atoms with Crippen molar-refractivity contribution >= 4 is 40.4 Å². The van der Waals surface area contributed by atoms with Crippen molar-refractivity contribution in [2.24, 2.45) is 0 Å². The maximum absolute atomic E-state index is 12.5. The lowest BCUT2D eigenvalue weighted by Crippen LogP contribution is -2.37. The van der Waals surface area contributed by atoms with Gasteiger partial charge in [0.2, 0.25) is 5.91 Å². The normalized spacial score (nSPS) is 13.4. The van der Waals surface area contributed by atoms with Gasteiger partial charge in [-0.05, 0) is 51.0 Å². The first kappa shape index (κ1) is 19.5. The fourth-order valence-corrected chi connectivity index (χ4v) is 3.77. The molecule has 0 bridgehead atoms. The number of hydrogen-bond donors (Lipinski definition) is 1. The van der Waals surface area contributed by atoms with E-state index in [9.17, 15) is 4.79 Å². The number of nitrogens with zero attached hydrogens (tertiary/aromatic N) is 3. The molecule has 0 atom stereocenters. The highest BCUT2D eigenvalue weighted by Crippen LogP contribution is 2.42. The zero-order valence-electron chi connectivity index (χ0n) is 16.5. The van der Waals surface area contributed by atoms with Crippen LogP contribution in [0.25, 0.3) is 0 Å². The van der Waals surface area contributed by atoms with E-state index in [0.717, 1.165) is 60.1 Å². The van der Waals surface area contributed by atoms with Crippen molar-refractivity contribution in [3.63, 3.8) is 0 Å². The minimum absolute atomic E-state index is 0.0578. The quantitative estimate of drug-likeness (QED) is 0.753. The molecule has 1 aliphatic rings. The van der Waals surface area contributed by atoms with E-state index < -0.39 is 0 Å². The zero-order chi connectivity index (χ0) is 19.6. The van der Waals surface area contributed by atoms with Crippen molar-refractivity contribution in [1.29, 1.82) is 0 Å². The molecule has 2 heterocycles. The molecule has 27 heavy (non-hydrogen) atoms. The van der Waals surface area contributed by atoms with Crippen LogP contribution in [0, 0.1) is 13.8 Å². The van der Waals surface area contributed by atoms with Crippen molar-refractivity contribution in [2.75, 3.05) is 34.8 Å². The number of unbranched alkanes of at least 4 members (excludes halogenated alkanes) is 1. The predicted octanol–water partition coefficient (Wildman–Crippen LogP) is 5.07. The summed E-state index contributed by atoms with van der Waals surface area (Å²) in [4.78, 5) is 21.5. The number of aryl methyl sites for hydroxylation is 2. The second-order valence-corrected chi connectivity index (χ2v) is 7.41. The van der Waals surface area contributed by atoms with Gasteiger partial charge in [0, 0.05) is 18.8 Å². The van der Waals surface area contributed by atoms with E-state index in [1.165, 1.54) is 0 Å². The van der Waals surface area contributed by atoms with Gasteiger partial charge in [0.1, 0.15) is 12.2 Å². The van der Waals surface area contributed by atoms with Crippen LogP contribution in [0.2, 0.25) is 5.02 Å². The first-order valence-corrected chi connectivity index (χ1v) is 9.92. The van der Waals surface area contributed by atoms with Gasteiger partial charge in [0.05, 0.1) is 16.4 Å². The number of fused-ring (bicyclic) bond motifs is 1. The molecule has 0 saturated heterocycles. The summed E-state index contributed by atoms with van der Waals surface area (Å²) in [5.74, 6) is 0.697. The van der Waals surface area contributed by atoms with Crippen molar-refractivity contribution in [2.45, 2.75) is 40.5 Å². The van der Waals surface area contributed by atoms with Crippen LogP contribution in [0.4, 0.5) is 22.9 Å². The second kappa shape index (κ2) is 8.17. The van der Waals surface area contributed by atoms with E-state index in [4.69, 9.17) is 16.6 Å². The van der Waals surface area contributed by atoms with Crippen LogP contribution < -0.4 is 15.1 Å². The first-order chi connectivity index (χ1) is 12.9.